The first-order chi connectivity index (χ1) is 11.6. The minimum Gasteiger partial charge on any atom is -0.468 e. The highest BCUT2D eigenvalue weighted by Crippen LogP contribution is 2.15. The number of terminal acetylenes is 1. The number of furan rings is 1. The largest absolute Gasteiger partial charge is 0.468 e. The van der Waals surface area contributed by atoms with E-state index in [1.54, 1.807) is 23.3 Å². The molecule has 0 aliphatic rings. The number of hydrogen-bond acceptors (Lipinski definition) is 4. The molecule has 2 rings (SSSR count). The van der Waals surface area contributed by atoms with E-state index in [1.165, 1.54) is 12.1 Å². The smallest absolute Gasteiger partial charge is 0.130 e. The molecule has 1 aromatic heterocycles. The molecule has 24 heavy (non-hydrogen) atoms. The van der Waals surface area contributed by atoms with Gasteiger partial charge in [0.1, 0.15) is 24.0 Å². The first kappa shape index (κ1) is 18.1. The molecule has 0 bridgehead atoms. The normalized spacial score (nSPS) is 12.3. The fraction of sp³-hybridized carbons (Fsp3) is 0.333. The lowest BCUT2D eigenvalue weighted by molar-refractivity contribution is 0.0228. The van der Waals surface area contributed by atoms with Crippen molar-refractivity contribution in [3.05, 3.63) is 59.6 Å². The molecule has 1 unspecified atom stereocenters. The maximum absolute atomic E-state index is 13.9. The molecule has 0 aliphatic carbocycles. The molecule has 2 aromatic rings. The highest BCUT2D eigenvalue weighted by atomic mass is 19.1. The molecule has 0 radical (unpaired) electrons. The van der Waals surface area contributed by atoms with Crippen LogP contribution >= 0.6 is 0 Å². The maximum atomic E-state index is 13.9. The fourth-order valence-electron chi connectivity index (χ4n) is 2.30. The molecule has 0 fully saturated rings. The van der Waals surface area contributed by atoms with Gasteiger partial charge in [-0.05, 0) is 18.2 Å². The molecule has 1 heterocycles. The summed E-state index contributed by atoms with van der Waals surface area (Å²) in [5.41, 5.74) is 0.333. The number of halogens is 2. The average molecular weight is 335 g/mol. The molecule has 4 nitrogen and oxygen atoms in total. The van der Waals surface area contributed by atoms with Crippen LogP contribution in [-0.4, -0.2) is 35.9 Å². The second-order valence-electron chi connectivity index (χ2n) is 5.36. The second kappa shape index (κ2) is 9.18. The van der Waals surface area contributed by atoms with Gasteiger partial charge in [-0.3, -0.25) is 4.90 Å². The summed E-state index contributed by atoms with van der Waals surface area (Å²) in [6.07, 6.45) is 5.83. The summed E-state index contributed by atoms with van der Waals surface area (Å²) in [6, 6.07) is 6.97. The molecule has 0 saturated heterocycles. The van der Waals surface area contributed by atoms with Crippen LogP contribution in [-0.2, 0) is 17.8 Å². The fourth-order valence-corrected chi connectivity index (χ4v) is 2.30. The molecule has 0 spiro atoms. The molecular formula is C18H19F2NO3. The van der Waals surface area contributed by atoms with Gasteiger partial charge in [0, 0.05) is 24.7 Å². The first-order valence-electron chi connectivity index (χ1n) is 7.46. The Morgan fingerprint density at radius 3 is 2.79 bits per heavy atom. The third kappa shape index (κ3) is 5.78. The van der Waals surface area contributed by atoms with Crippen LogP contribution in [0.5, 0.6) is 0 Å². The Hall–Kier alpha value is -2.20. The number of ether oxygens (including phenoxy) is 1. The highest BCUT2D eigenvalue weighted by Gasteiger charge is 2.16. The Balaban J connectivity index is 2.03. The second-order valence-corrected chi connectivity index (χ2v) is 5.36. The number of rotatable bonds is 9. The number of benzene rings is 1. The van der Waals surface area contributed by atoms with Gasteiger partial charge in [-0.15, -0.1) is 6.42 Å². The molecule has 0 saturated carbocycles. The molecule has 1 N–H and O–H groups in total. The Morgan fingerprint density at radius 2 is 2.12 bits per heavy atom. The summed E-state index contributed by atoms with van der Waals surface area (Å²) >= 11 is 0. The van der Waals surface area contributed by atoms with Crippen molar-refractivity contribution in [3.8, 4) is 12.3 Å². The van der Waals surface area contributed by atoms with E-state index in [0.29, 0.717) is 17.9 Å². The summed E-state index contributed by atoms with van der Waals surface area (Å²) in [6.45, 7) is 0.976. The van der Waals surface area contributed by atoms with Crippen molar-refractivity contribution in [2.75, 3.05) is 19.8 Å². The standard InChI is InChI=1S/C18H19F2NO3/c1-2-7-23-13-16(22)11-21(12-17-4-3-8-24-17)10-14-5-6-15(19)9-18(14)20/h1,3-6,8-9,16,22H,7,10-13H2. The van der Waals surface area contributed by atoms with Crippen molar-refractivity contribution in [1.82, 2.24) is 4.90 Å². The van der Waals surface area contributed by atoms with Gasteiger partial charge in [-0.1, -0.05) is 12.0 Å². The summed E-state index contributed by atoms with van der Waals surface area (Å²) in [5, 5.41) is 10.0. The maximum Gasteiger partial charge on any atom is 0.130 e. The Bertz CT molecular complexity index is 667. The van der Waals surface area contributed by atoms with Crippen LogP contribution < -0.4 is 0 Å². The first-order valence-corrected chi connectivity index (χ1v) is 7.46. The van der Waals surface area contributed by atoms with E-state index in [1.807, 2.05) is 0 Å². The summed E-state index contributed by atoms with van der Waals surface area (Å²) in [4.78, 5) is 1.79. The van der Waals surface area contributed by atoms with Gasteiger partial charge in [0.25, 0.3) is 0 Å². The monoisotopic (exact) mass is 335 g/mol. The van der Waals surface area contributed by atoms with Crippen molar-refractivity contribution in [2.45, 2.75) is 19.2 Å². The molecule has 0 amide bonds. The van der Waals surface area contributed by atoms with Crippen molar-refractivity contribution in [3.63, 3.8) is 0 Å². The van der Waals surface area contributed by atoms with Crippen LogP contribution in [0.25, 0.3) is 0 Å². The van der Waals surface area contributed by atoms with Gasteiger partial charge in [-0.2, -0.15) is 0 Å². The lowest BCUT2D eigenvalue weighted by atomic mass is 10.1. The number of aliphatic hydroxyl groups excluding tert-OH is 1. The zero-order valence-corrected chi connectivity index (χ0v) is 13.1. The van der Waals surface area contributed by atoms with Gasteiger partial charge in [0.2, 0.25) is 0 Å². The Morgan fingerprint density at radius 1 is 1.29 bits per heavy atom. The van der Waals surface area contributed by atoms with Crippen LogP contribution in [0, 0.1) is 24.0 Å². The minimum absolute atomic E-state index is 0.0742. The lowest BCUT2D eigenvalue weighted by Gasteiger charge is -2.24. The zero-order chi connectivity index (χ0) is 17.4. The van der Waals surface area contributed by atoms with E-state index in [-0.39, 0.29) is 26.3 Å². The van der Waals surface area contributed by atoms with Crippen LogP contribution in [0.1, 0.15) is 11.3 Å². The zero-order valence-electron chi connectivity index (χ0n) is 13.1. The predicted octanol–water partition coefficient (Wildman–Crippen LogP) is 2.57. The molecule has 0 aliphatic heterocycles. The number of aliphatic hydroxyl groups is 1. The molecule has 6 heteroatoms. The van der Waals surface area contributed by atoms with E-state index in [9.17, 15) is 13.9 Å². The van der Waals surface area contributed by atoms with E-state index in [4.69, 9.17) is 15.6 Å². The van der Waals surface area contributed by atoms with Crippen molar-refractivity contribution in [1.29, 1.82) is 0 Å². The number of nitrogens with zero attached hydrogens (tertiary/aromatic N) is 1. The van der Waals surface area contributed by atoms with Gasteiger partial charge in [-0.25, -0.2) is 8.78 Å². The van der Waals surface area contributed by atoms with Crippen LogP contribution in [0.4, 0.5) is 8.78 Å². The molecular weight excluding hydrogens is 316 g/mol. The SMILES string of the molecule is C#CCOCC(O)CN(Cc1ccco1)Cc1ccc(F)cc1F. The van der Waals surface area contributed by atoms with Gasteiger partial charge in [0.15, 0.2) is 0 Å². The molecule has 1 atom stereocenters. The van der Waals surface area contributed by atoms with Crippen molar-refractivity contribution >= 4 is 0 Å². The van der Waals surface area contributed by atoms with Crippen LogP contribution in [0.2, 0.25) is 0 Å². The van der Waals surface area contributed by atoms with Gasteiger partial charge >= 0.3 is 0 Å². The van der Waals surface area contributed by atoms with Gasteiger partial charge < -0.3 is 14.3 Å². The van der Waals surface area contributed by atoms with E-state index in [0.717, 1.165) is 6.07 Å². The number of hydrogen-bond donors (Lipinski definition) is 1. The molecule has 128 valence electrons. The summed E-state index contributed by atoms with van der Waals surface area (Å²) in [7, 11) is 0. The summed E-state index contributed by atoms with van der Waals surface area (Å²) in [5.74, 6) is 1.74. The minimum atomic E-state index is -0.795. The van der Waals surface area contributed by atoms with Crippen LogP contribution in [0.3, 0.4) is 0 Å². The Labute approximate surface area is 139 Å². The predicted molar refractivity (Wildman–Crippen MR) is 84.8 cm³/mol. The topological polar surface area (TPSA) is 45.8 Å². The van der Waals surface area contributed by atoms with Crippen molar-refractivity contribution in [2.24, 2.45) is 0 Å². The van der Waals surface area contributed by atoms with Crippen molar-refractivity contribution < 1.29 is 23.0 Å². The van der Waals surface area contributed by atoms with E-state index >= 15 is 0 Å². The Kier molecular flexibility index (Phi) is 6.94. The highest BCUT2D eigenvalue weighted by molar-refractivity contribution is 5.18. The molecule has 1 aromatic carbocycles. The summed E-state index contributed by atoms with van der Waals surface area (Å²) < 4.78 is 37.3. The average Bonchev–Trinajstić information content (AvgIpc) is 3.03. The third-order valence-electron chi connectivity index (χ3n) is 3.33. The van der Waals surface area contributed by atoms with E-state index in [2.05, 4.69) is 5.92 Å². The van der Waals surface area contributed by atoms with E-state index < -0.39 is 17.7 Å². The quantitative estimate of drug-likeness (QED) is 0.565. The van der Waals surface area contributed by atoms with Gasteiger partial charge in [0.05, 0.1) is 25.5 Å². The lowest BCUT2D eigenvalue weighted by Crippen LogP contribution is -2.34. The third-order valence-corrected chi connectivity index (χ3v) is 3.33. The van der Waals surface area contributed by atoms with Crippen LogP contribution in [0.15, 0.2) is 41.0 Å².